The van der Waals surface area contributed by atoms with Crippen LogP contribution in [0, 0.1) is 5.82 Å². The average Bonchev–Trinajstić information content (AvgIpc) is 2.70. The van der Waals surface area contributed by atoms with Crippen LogP contribution in [0.25, 0.3) is 22.5 Å². The summed E-state index contributed by atoms with van der Waals surface area (Å²) in [5.74, 6) is 0.00324. The second-order valence-corrected chi connectivity index (χ2v) is 6.37. The number of halogens is 3. The summed E-state index contributed by atoms with van der Waals surface area (Å²) in [4.78, 5) is 20.1. The number of rotatable bonds is 4. The van der Waals surface area contributed by atoms with Crippen molar-refractivity contribution in [2.24, 2.45) is 0 Å². The van der Waals surface area contributed by atoms with Crippen LogP contribution in [0.3, 0.4) is 0 Å². The predicted molar refractivity (Wildman–Crippen MR) is 105 cm³/mol. The molecule has 3 rings (SSSR count). The maximum Gasteiger partial charge on any atom is 0.413 e. The number of hydrogen-bond donors (Lipinski definition) is 1. The molecule has 3 aromatic rings. The topological polar surface area (TPSA) is 73.3 Å². The second kappa shape index (κ2) is 8.41. The van der Waals surface area contributed by atoms with Gasteiger partial charge in [0.2, 0.25) is 5.95 Å². The second-order valence-electron chi connectivity index (χ2n) is 5.55. The number of benzene rings is 2. The molecule has 0 atom stereocenters. The normalized spacial score (nSPS) is 10.5. The fourth-order valence-electron chi connectivity index (χ4n) is 2.41. The van der Waals surface area contributed by atoms with Crippen LogP contribution in [-0.4, -0.2) is 30.3 Å². The molecular formula is C19H14Cl2FN3O3. The lowest BCUT2D eigenvalue weighted by Gasteiger charge is -2.11. The van der Waals surface area contributed by atoms with Gasteiger partial charge in [0.15, 0.2) is 0 Å². The molecule has 0 aliphatic carbocycles. The molecule has 0 bridgehead atoms. The van der Waals surface area contributed by atoms with Gasteiger partial charge in [0.1, 0.15) is 11.6 Å². The third kappa shape index (κ3) is 4.32. The molecule has 0 saturated carbocycles. The number of aromatic nitrogens is 2. The highest BCUT2D eigenvalue weighted by Gasteiger charge is 2.15. The van der Waals surface area contributed by atoms with E-state index in [0.29, 0.717) is 22.7 Å². The molecule has 0 fully saturated rings. The number of methoxy groups -OCH3 is 2. The lowest BCUT2D eigenvalue weighted by Crippen LogP contribution is -2.14. The van der Waals surface area contributed by atoms with Crippen molar-refractivity contribution in [2.75, 3.05) is 19.5 Å². The summed E-state index contributed by atoms with van der Waals surface area (Å²) in [6.45, 7) is 0. The Morgan fingerprint density at radius 2 is 1.68 bits per heavy atom. The smallest absolute Gasteiger partial charge is 0.413 e. The molecule has 28 heavy (non-hydrogen) atoms. The monoisotopic (exact) mass is 421 g/mol. The zero-order valence-electron chi connectivity index (χ0n) is 14.8. The molecule has 0 unspecified atom stereocenters. The third-order valence-electron chi connectivity index (χ3n) is 3.80. The van der Waals surface area contributed by atoms with Gasteiger partial charge in [-0.05, 0) is 42.5 Å². The molecular weight excluding hydrogens is 408 g/mol. The first kappa shape index (κ1) is 19.9. The van der Waals surface area contributed by atoms with Gasteiger partial charge < -0.3 is 9.47 Å². The van der Waals surface area contributed by atoms with Crippen molar-refractivity contribution in [3.05, 3.63) is 58.3 Å². The van der Waals surface area contributed by atoms with E-state index in [1.807, 2.05) is 0 Å². The highest BCUT2D eigenvalue weighted by Crippen LogP contribution is 2.33. The number of carbonyl (C=O) groups is 1. The van der Waals surface area contributed by atoms with Gasteiger partial charge in [0, 0.05) is 11.1 Å². The van der Waals surface area contributed by atoms with E-state index in [1.54, 1.807) is 37.4 Å². The van der Waals surface area contributed by atoms with Crippen molar-refractivity contribution < 1.29 is 18.7 Å². The van der Waals surface area contributed by atoms with Gasteiger partial charge in [-0.2, -0.15) is 0 Å². The quantitative estimate of drug-likeness (QED) is 0.567. The van der Waals surface area contributed by atoms with Crippen LogP contribution in [-0.2, 0) is 4.74 Å². The number of nitrogens with one attached hydrogen (secondary N) is 1. The van der Waals surface area contributed by atoms with Crippen molar-refractivity contribution in [1.29, 1.82) is 0 Å². The summed E-state index contributed by atoms with van der Waals surface area (Å²) in [5.41, 5.74) is 1.80. The molecule has 0 saturated heterocycles. The molecule has 9 heteroatoms. The molecule has 6 nitrogen and oxygen atoms in total. The SMILES string of the molecule is COC(=O)Nc1nc(-c2ccc(OC)cc2)cc(-c2cc(F)c(Cl)cc2Cl)n1. The minimum absolute atomic E-state index is 0.0263. The lowest BCUT2D eigenvalue weighted by atomic mass is 10.1. The van der Waals surface area contributed by atoms with E-state index in [1.165, 1.54) is 19.2 Å². The standard InChI is InChI=1S/C19H14Cl2FN3O3/c1-27-11-5-3-10(4-6-11)16-9-17(24-18(23-16)25-19(26)28-2)12-7-15(22)14(21)8-13(12)20/h3-9H,1-2H3,(H,23,24,25,26). The van der Waals surface area contributed by atoms with Crippen LogP contribution in [0.5, 0.6) is 5.75 Å². The van der Waals surface area contributed by atoms with Crippen LogP contribution in [0.2, 0.25) is 10.0 Å². The summed E-state index contributed by atoms with van der Waals surface area (Å²) in [5, 5.41) is 2.51. The number of hydrogen-bond acceptors (Lipinski definition) is 5. The summed E-state index contributed by atoms with van der Waals surface area (Å²) in [7, 11) is 2.78. The van der Waals surface area contributed by atoms with E-state index in [9.17, 15) is 9.18 Å². The minimum atomic E-state index is -0.744. The molecule has 144 valence electrons. The molecule has 0 spiro atoms. The van der Waals surface area contributed by atoms with Crippen molar-refractivity contribution in [2.45, 2.75) is 0 Å². The molecule has 1 aromatic heterocycles. The molecule has 0 radical (unpaired) electrons. The molecule has 1 heterocycles. The van der Waals surface area contributed by atoms with Gasteiger partial charge in [-0.15, -0.1) is 0 Å². The van der Waals surface area contributed by atoms with E-state index >= 15 is 0 Å². The number of anilines is 1. The van der Waals surface area contributed by atoms with Crippen LogP contribution in [0.4, 0.5) is 15.1 Å². The van der Waals surface area contributed by atoms with E-state index in [-0.39, 0.29) is 16.0 Å². The summed E-state index contributed by atoms with van der Waals surface area (Å²) in [6, 6.07) is 11.2. The Morgan fingerprint density at radius 1 is 1.00 bits per heavy atom. The maximum atomic E-state index is 14.0. The Balaban J connectivity index is 2.14. The zero-order chi connectivity index (χ0) is 20.3. The first-order chi connectivity index (χ1) is 13.4. The minimum Gasteiger partial charge on any atom is -0.497 e. The van der Waals surface area contributed by atoms with Crippen LogP contribution in [0.15, 0.2) is 42.5 Å². The third-order valence-corrected chi connectivity index (χ3v) is 4.40. The average molecular weight is 422 g/mol. The van der Waals surface area contributed by atoms with Gasteiger partial charge in [0.05, 0.1) is 35.7 Å². The van der Waals surface area contributed by atoms with Gasteiger partial charge in [-0.1, -0.05) is 23.2 Å². The lowest BCUT2D eigenvalue weighted by molar-refractivity contribution is 0.186. The van der Waals surface area contributed by atoms with Crippen LogP contribution >= 0.6 is 23.2 Å². The highest BCUT2D eigenvalue weighted by atomic mass is 35.5. The molecule has 0 aliphatic rings. The van der Waals surface area contributed by atoms with Crippen LogP contribution < -0.4 is 10.1 Å². The van der Waals surface area contributed by atoms with Crippen molar-refractivity contribution >= 4 is 35.2 Å². The number of nitrogens with zero attached hydrogens (tertiary/aromatic N) is 2. The van der Waals surface area contributed by atoms with E-state index in [4.69, 9.17) is 27.9 Å². The van der Waals surface area contributed by atoms with E-state index in [2.05, 4.69) is 20.0 Å². The Morgan fingerprint density at radius 3 is 2.32 bits per heavy atom. The van der Waals surface area contributed by atoms with Gasteiger partial charge in [-0.3, -0.25) is 5.32 Å². The van der Waals surface area contributed by atoms with Gasteiger partial charge in [0.25, 0.3) is 0 Å². The predicted octanol–water partition coefficient (Wildman–Crippen LogP) is 5.44. The molecule has 1 N–H and O–H groups in total. The first-order valence-corrected chi connectivity index (χ1v) is 8.70. The Bertz CT molecular complexity index is 1030. The zero-order valence-corrected chi connectivity index (χ0v) is 16.3. The van der Waals surface area contributed by atoms with Crippen LogP contribution in [0.1, 0.15) is 0 Å². The number of carbonyl (C=O) groups excluding carboxylic acids is 1. The highest BCUT2D eigenvalue weighted by molar-refractivity contribution is 6.36. The first-order valence-electron chi connectivity index (χ1n) is 7.94. The fraction of sp³-hybridized carbons (Fsp3) is 0.105. The Hall–Kier alpha value is -2.90. The summed E-state index contributed by atoms with van der Waals surface area (Å²) < 4.78 is 23.7. The maximum absolute atomic E-state index is 14.0. The largest absolute Gasteiger partial charge is 0.497 e. The fourth-order valence-corrected chi connectivity index (χ4v) is 2.89. The molecule has 1 amide bonds. The molecule has 2 aromatic carbocycles. The number of amides is 1. The van der Waals surface area contributed by atoms with Crippen molar-refractivity contribution in [3.63, 3.8) is 0 Å². The number of ether oxygens (including phenoxy) is 2. The summed E-state index contributed by atoms with van der Waals surface area (Å²) >= 11 is 12.0. The summed E-state index contributed by atoms with van der Waals surface area (Å²) in [6.07, 6.45) is -0.744. The van der Waals surface area contributed by atoms with Gasteiger partial charge >= 0.3 is 6.09 Å². The Kier molecular flexibility index (Phi) is 5.96. The Labute approximate surface area is 170 Å². The van der Waals surface area contributed by atoms with Gasteiger partial charge in [-0.25, -0.2) is 19.2 Å². The van der Waals surface area contributed by atoms with E-state index in [0.717, 1.165) is 5.56 Å². The molecule has 0 aliphatic heterocycles. The van der Waals surface area contributed by atoms with E-state index < -0.39 is 11.9 Å². The van der Waals surface area contributed by atoms with Crippen molar-refractivity contribution in [3.8, 4) is 28.3 Å². The van der Waals surface area contributed by atoms with Crippen molar-refractivity contribution in [1.82, 2.24) is 9.97 Å².